The average Bonchev–Trinajstić information content (AvgIpc) is 3.03. The fourth-order valence-electron chi connectivity index (χ4n) is 3.15. The van der Waals surface area contributed by atoms with Crippen molar-refractivity contribution in [3.05, 3.63) is 81.1 Å². The summed E-state index contributed by atoms with van der Waals surface area (Å²) in [5.41, 5.74) is 8.60. The Balaban J connectivity index is 1.81. The molecule has 1 aromatic heterocycles. The zero-order chi connectivity index (χ0) is 20.7. The summed E-state index contributed by atoms with van der Waals surface area (Å²) in [6.45, 7) is 1.78. The van der Waals surface area contributed by atoms with Gasteiger partial charge in [-0.3, -0.25) is 10.0 Å². The van der Waals surface area contributed by atoms with Crippen LogP contribution in [0.2, 0.25) is 5.02 Å². The molecule has 8 nitrogen and oxygen atoms in total. The van der Waals surface area contributed by atoms with Gasteiger partial charge in [0.05, 0.1) is 16.6 Å². The first-order valence-corrected chi connectivity index (χ1v) is 9.77. The lowest BCUT2D eigenvalue weighted by atomic mass is 10.0. The second kappa shape index (κ2) is 7.53. The van der Waals surface area contributed by atoms with Crippen LogP contribution in [-0.2, 0) is 0 Å². The van der Waals surface area contributed by atoms with Crippen molar-refractivity contribution < 1.29 is 10.0 Å². The summed E-state index contributed by atoms with van der Waals surface area (Å²) >= 11 is 7.19. The third-order valence-electron chi connectivity index (χ3n) is 4.48. The number of anilines is 1. The van der Waals surface area contributed by atoms with Gasteiger partial charge < -0.3 is 16.2 Å². The summed E-state index contributed by atoms with van der Waals surface area (Å²) in [5, 5.41) is 25.1. The molecule has 0 aliphatic carbocycles. The maximum atomic E-state index is 13.0. The molecular weight excluding hydrogens is 414 g/mol. The zero-order valence-corrected chi connectivity index (χ0v) is 16.7. The van der Waals surface area contributed by atoms with Crippen molar-refractivity contribution in [2.24, 2.45) is 10.7 Å². The number of rotatable bonds is 3. The third kappa shape index (κ3) is 3.60. The van der Waals surface area contributed by atoms with Gasteiger partial charge in [-0.05, 0) is 48.9 Å². The Bertz CT molecular complexity index is 1130. The molecule has 3 aromatic rings. The highest BCUT2D eigenvalue weighted by molar-refractivity contribution is 8.14. The van der Waals surface area contributed by atoms with E-state index in [-0.39, 0.29) is 27.2 Å². The first kappa shape index (κ1) is 19.5. The second-order valence-corrected chi connectivity index (χ2v) is 7.92. The summed E-state index contributed by atoms with van der Waals surface area (Å²) < 4.78 is 1.23. The van der Waals surface area contributed by atoms with Crippen LogP contribution >= 0.6 is 23.4 Å². The average molecular weight is 429 g/mol. The molecule has 3 N–H and O–H groups in total. The quantitative estimate of drug-likeness (QED) is 0.604. The summed E-state index contributed by atoms with van der Waals surface area (Å²) in [6.07, 6.45) is 0. The van der Waals surface area contributed by atoms with E-state index in [2.05, 4.69) is 10.1 Å². The van der Waals surface area contributed by atoms with Gasteiger partial charge >= 0.3 is 0 Å². The Kier molecular flexibility index (Phi) is 5.05. The number of hydrogen-bond acceptors (Lipinski definition) is 8. The standard InChI is InChI=1S/C19H15ClN5O3S/c1-10-15-16(12-3-2-4-14(9-12)25(27)28)29-19(21)22-17(15)24(23-10)18(26)11-5-7-13(20)8-6-11/h2-9,16,27H,1H3,(H2,21,22)/q-1. The Labute approximate surface area is 175 Å². The van der Waals surface area contributed by atoms with E-state index in [0.717, 1.165) is 11.1 Å². The molecule has 2 heterocycles. The number of hydrogen-bond donors (Lipinski definition) is 2. The number of carbonyl (C=O) groups excluding carboxylic acids is 1. The van der Waals surface area contributed by atoms with Gasteiger partial charge in [-0.2, -0.15) is 9.78 Å². The predicted molar refractivity (Wildman–Crippen MR) is 113 cm³/mol. The van der Waals surface area contributed by atoms with Crippen molar-refractivity contribution in [2.45, 2.75) is 12.2 Å². The van der Waals surface area contributed by atoms with Gasteiger partial charge in [-0.25, -0.2) is 4.99 Å². The summed E-state index contributed by atoms with van der Waals surface area (Å²) in [5.74, 6) is -0.0138. The summed E-state index contributed by atoms with van der Waals surface area (Å²) in [6, 6.07) is 13.0. The van der Waals surface area contributed by atoms with E-state index in [4.69, 9.17) is 17.3 Å². The Morgan fingerprint density at radius 3 is 2.72 bits per heavy atom. The first-order valence-electron chi connectivity index (χ1n) is 8.52. The number of benzene rings is 2. The molecule has 1 atom stereocenters. The van der Waals surface area contributed by atoms with Crippen molar-refractivity contribution in [1.82, 2.24) is 9.78 Å². The number of nitrogens with two attached hydrogens (primary N) is 1. The van der Waals surface area contributed by atoms with E-state index in [1.165, 1.54) is 22.5 Å². The molecule has 0 radical (unpaired) electrons. The number of aryl methyl sites for hydroxylation is 1. The molecule has 0 amide bonds. The number of fused-ring (bicyclic) bond motifs is 1. The van der Waals surface area contributed by atoms with Gasteiger partial charge in [0.25, 0.3) is 5.91 Å². The number of aliphatic imine (C=N–C) groups is 1. The summed E-state index contributed by atoms with van der Waals surface area (Å²) in [4.78, 5) is 17.3. The molecule has 0 fully saturated rings. The van der Waals surface area contributed by atoms with Gasteiger partial charge in [0.1, 0.15) is 0 Å². The Hall–Kier alpha value is -2.85. The molecule has 29 heavy (non-hydrogen) atoms. The van der Waals surface area contributed by atoms with E-state index in [1.807, 2.05) is 6.07 Å². The molecule has 4 rings (SSSR count). The highest BCUT2D eigenvalue weighted by Crippen LogP contribution is 2.46. The fraction of sp³-hybridized carbons (Fsp3) is 0.105. The molecule has 0 spiro atoms. The maximum Gasteiger partial charge on any atom is 0.280 e. The minimum Gasteiger partial charge on any atom is -0.733 e. The zero-order valence-electron chi connectivity index (χ0n) is 15.1. The van der Waals surface area contributed by atoms with Gasteiger partial charge in [0.15, 0.2) is 11.0 Å². The number of thioether (sulfide) groups is 1. The minimum atomic E-state index is -0.358. The highest BCUT2D eigenvalue weighted by Gasteiger charge is 2.32. The van der Waals surface area contributed by atoms with Crippen LogP contribution in [0.3, 0.4) is 0 Å². The first-order chi connectivity index (χ1) is 13.8. The lowest BCUT2D eigenvalue weighted by Crippen LogP contribution is -2.18. The van der Waals surface area contributed by atoms with Crippen LogP contribution in [0.5, 0.6) is 0 Å². The number of aromatic nitrogens is 2. The minimum absolute atomic E-state index is 0.0908. The van der Waals surface area contributed by atoms with Gasteiger partial charge in [0, 0.05) is 16.1 Å². The van der Waals surface area contributed by atoms with Crippen LogP contribution in [0, 0.1) is 12.1 Å². The van der Waals surface area contributed by atoms with Crippen molar-refractivity contribution in [1.29, 1.82) is 0 Å². The highest BCUT2D eigenvalue weighted by atomic mass is 35.5. The normalized spacial score (nSPS) is 15.6. The molecule has 1 aliphatic heterocycles. The molecule has 1 unspecified atom stereocenters. The number of amidine groups is 1. The van der Waals surface area contributed by atoms with Gasteiger partial charge in [0.2, 0.25) is 0 Å². The third-order valence-corrected chi connectivity index (χ3v) is 5.80. The van der Waals surface area contributed by atoms with Crippen molar-refractivity contribution in [3.63, 3.8) is 0 Å². The van der Waals surface area contributed by atoms with Crippen LogP contribution in [0.25, 0.3) is 0 Å². The van der Waals surface area contributed by atoms with Gasteiger partial charge in [-0.1, -0.05) is 35.5 Å². The lowest BCUT2D eigenvalue weighted by Gasteiger charge is -2.25. The van der Waals surface area contributed by atoms with Crippen LogP contribution in [0.15, 0.2) is 53.5 Å². The molecule has 2 aromatic carbocycles. The topological polar surface area (TPSA) is 120 Å². The molecule has 10 heteroatoms. The maximum absolute atomic E-state index is 13.0. The van der Waals surface area contributed by atoms with Gasteiger partial charge in [-0.15, -0.1) is 0 Å². The van der Waals surface area contributed by atoms with Crippen LogP contribution in [-0.4, -0.2) is 26.1 Å². The number of carbonyl (C=O) groups is 1. The Morgan fingerprint density at radius 2 is 2.03 bits per heavy atom. The van der Waals surface area contributed by atoms with Crippen molar-refractivity contribution >= 4 is 45.9 Å². The van der Waals surface area contributed by atoms with E-state index in [1.54, 1.807) is 43.3 Å². The molecule has 0 saturated carbocycles. The second-order valence-electron chi connectivity index (χ2n) is 6.36. The molecular formula is C19H15ClN5O3S-. The van der Waals surface area contributed by atoms with E-state index in [9.17, 15) is 15.2 Å². The van der Waals surface area contributed by atoms with E-state index < -0.39 is 0 Å². The molecule has 1 aliphatic rings. The van der Waals surface area contributed by atoms with E-state index in [0.29, 0.717) is 22.1 Å². The summed E-state index contributed by atoms with van der Waals surface area (Å²) in [7, 11) is 0. The van der Waals surface area contributed by atoms with E-state index >= 15 is 0 Å². The molecule has 0 saturated heterocycles. The monoisotopic (exact) mass is 428 g/mol. The van der Waals surface area contributed by atoms with Crippen LogP contribution in [0.4, 0.5) is 11.5 Å². The predicted octanol–water partition coefficient (Wildman–Crippen LogP) is 4.01. The van der Waals surface area contributed by atoms with Crippen molar-refractivity contribution in [2.75, 3.05) is 5.23 Å². The van der Waals surface area contributed by atoms with Crippen LogP contribution in [0.1, 0.15) is 32.4 Å². The van der Waals surface area contributed by atoms with Crippen LogP contribution < -0.4 is 11.0 Å². The lowest BCUT2D eigenvalue weighted by molar-refractivity contribution is 0.0947. The SMILES string of the molecule is Cc1nn(C(=O)c2ccc(Cl)cc2)c2c1C(c1cccc(N([O-])O)c1)SC(N)=N2. The largest absolute Gasteiger partial charge is 0.733 e. The number of halogens is 1. The van der Waals surface area contributed by atoms with Crippen molar-refractivity contribution in [3.8, 4) is 0 Å². The molecule has 0 bridgehead atoms. The number of nitrogens with zero attached hydrogens (tertiary/aromatic N) is 4. The molecule has 148 valence electrons. The Morgan fingerprint density at radius 1 is 1.31 bits per heavy atom. The smallest absolute Gasteiger partial charge is 0.280 e. The fourth-order valence-corrected chi connectivity index (χ4v) is 4.33.